The Morgan fingerprint density at radius 1 is 1.31 bits per heavy atom. The zero-order chi connectivity index (χ0) is 11.5. The van der Waals surface area contributed by atoms with Crippen molar-refractivity contribution < 1.29 is 4.79 Å². The van der Waals surface area contributed by atoms with Crippen molar-refractivity contribution in [3.8, 4) is 0 Å². The van der Waals surface area contributed by atoms with E-state index >= 15 is 0 Å². The Labute approximate surface area is 96.3 Å². The minimum atomic E-state index is 0.206. The number of carbonyl (C=O) groups excluding carboxylic acids is 1. The molecule has 0 saturated carbocycles. The predicted molar refractivity (Wildman–Crippen MR) is 62.6 cm³/mol. The van der Waals surface area contributed by atoms with Crippen molar-refractivity contribution in [1.82, 2.24) is 9.97 Å². The highest BCUT2D eigenvalue weighted by Gasteiger charge is 2.20. The molecular formula is C13H18N2O. The van der Waals surface area contributed by atoms with E-state index in [1.807, 2.05) is 0 Å². The van der Waals surface area contributed by atoms with Crippen molar-refractivity contribution >= 4 is 5.78 Å². The van der Waals surface area contributed by atoms with Gasteiger partial charge in [-0.3, -0.25) is 4.79 Å². The van der Waals surface area contributed by atoms with Crippen LogP contribution in [0.3, 0.4) is 0 Å². The lowest BCUT2D eigenvalue weighted by Gasteiger charge is -2.16. The van der Waals surface area contributed by atoms with E-state index in [9.17, 15) is 4.79 Å². The van der Waals surface area contributed by atoms with Crippen molar-refractivity contribution in [1.29, 1.82) is 0 Å². The maximum absolute atomic E-state index is 11.6. The first-order valence-electron chi connectivity index (χ1n) is 6.15. The summed E-state index contributed by atoms with van der Waals surface area (Å²) >= 11 is 0. The summed E-state index contributed by atoms with van der Waals surface area (Å²) < 4.78 is 0. The molecule has 0 unspecified atom stereocenters. The SMILES string of the molecule is CCC(CC)c1ncc2c(n1)CCCC2=O. The van der Waals surface area contributed by atoms with Gasteiger partial charge in [0.1, 0.15) is 5.82 Å². The monoisotopic (exact) mass is 218 g/mol. The lowest BCUT2D eigenvalue weighted by Crippen LogP contribution is -2.16. The van der Waals surface area contributed by atoms with E-state index in [1.165, 1.54) is 0 Å². The number of hydrogen-bond donors (Lipinski definition) is 0. The quantitative estimate of drug-likeness (QED) is 0.783. The third-order valence-electron chi connectivity index (χ3n) is 3.35. The number of fused-ring (bicyclic) bond motifs is 1. The van der Waals surface area contributed by atoms with Crippen LogP contribution in [0.1, 0.15) is 67.3 Å². The van der Waals surface area contributed by atoms with Crippen molar-refractivity contribution in [2.45, 2.75) is 51.9 Å². The predicted octanol–water partition coefficient (Wildman–Crippen LogP) is 2.90. The Morgan fingerprint density at radius 3 is 2.75 bits per heavy atom. The first-order chi connectivity index (χ1) is 7.76. The van der Waals surface area contributed by atoms with Crippen LogP contribution in [0.2, 0.25) is 0 Å². The average Bonchev–Trinajstić information content (AvgIpc) is 2.31. The number of hydrogen-bond acceptors (Lipinski definition) is 3. The molecule has 1 aliphatic carbocycles. The molecular weight excluding hydrogens is 200 g/mol. The molecule has 0 saturated heterocycles. The molecule has 1 aliphatic rings. The van der Waals surface area contributed by atoms with Gasteiger partial charge in [-0.1, -0.05) is 13.8 Å². The number of aryl methyl sites for hydroxylation is 1. The zero-order valence-corrected chi connectivity index (χ0v) is 9.99. The fourth-order valence-electron chi connectivity index (χ4n) is 2.26. The van der Waals surface area contributed by atoms with Gasteiger partial charge in [0.25, 0.3) is 0 Å². The third kappa shape index (κ3) is 1.99. The Balaban J connectivity index is 2.34. The van der Waals surface area contributed by atoms with E-state index in [0.717, 1.165) is 42.8 Å². The normalized spacial score (nSPS) is 15.3. The fourth-order valence-corrected chi connectivity index (χ4v) is 2.26. The maximum atomic E-state index is 11.6. The van der Waals surface area contributed by atoms with E-state index in [1.54, 1.807) is 6.20 Å². The first kappa shape index (κ1) is 11.2. The van der Waals surface area contributed by atoms with E-state index in [4.69, 9.17) is 0 Å². The molecule has 0 amide bonds. The molecule has 1 aromatic rings. The first-order valence-corrected chi connectivity index (χ1v) is 6.15. The van der Waals surface area contributed by atoms with Crippen LogP contribution < -0.4 is 0 Å². The van der Waals surface area contributed by atoms with Gasteiger partial charge in [0, 0.05) is 18.5 Å². The highest BCUT2D eigenvalue weighted by Crippen LogP contribution is 2.23. The largest absolute Gasteiger partial charge is 0.294 e. The second-order valence-electron chi connectivity index (χ2n) is 4.38. The Kier molecular flexibility index (Phi) is 3.32. The summed E-state index contributed by atoms with van der Waals surface area (Å²) in [4.78, 5) is 20.6. The smallest absolute Gasteiger partial charge is 0.166 e. The lowest BCUT2D eigenvalue weighted by atomic mass is 9.95. The van der Waals surface area contributed by atoms with Crippen molar-refractivity contribution in [2.24, 2.45) is 0 Å². The van der Waals surface area contributed by atoms with Crippen LogP contribution in [-0.2, 0) is 6.42 Å². The lowest BCUT2D eigenvalue weighted by molar-refractivity contribution is 0.0971. The molecule has 1 aromatic heterocycles. The zero-order valence-electron chi connectivity index (χ0n) is 9.99. The molecule has 2 rings (SSSR count). The van der Waals surface area contributed by atoms with Crippen LogP contribution in [0.15, 0.2) is 6.20 Å². The van der Waals surface area contributed by atoms with Crippen LogP contribution in [0.25, 0.3) is 0 Å². The summed E-state index contributed by atoms with van der Waals surface area (Å²) in [6, 6.07) is 0. The maximum Gasteiger partial charge on any atom is 0.166 e. The molecule has 0 N–H and O–H groups in total. The molecule has 0 atom stereocenters. The number of rotatable bonds is 3. The number of ketones is 1. The molecule has 0 radical (unpaired) electrons. The number of nitrogens with zero attached hydrogens (tertiary/aromatic N) is 2. The Hall–Kier alpha value is -1.25. The molecule has 3 heteroatoms. The van der Waals surface area contributed by atoms with Crippen LogP contribution in [0.5, 0.6) is 0 Å². The average molecular weight is 218 g/mol. The molecule has 0 aromatic carbocycles. The minimum Gasteiger partial charge on any atom is -0.294 e. The van der Waals surface area contributed by atoms with Gasteiger partial charge in [0.15, 0.2) is 5.78 Å². The van der Waals surface area contributed by atoms with Gasteiger partial charge < -0.3 is 0 Å². The minimum absolute atomic E-state index is 0.206. The summed E-state index contributed by atoms with van der Waals surface area (Å²) in [6.07, 6.45) is 6.37. The number of aromatic nitrogens is 2. The highest BCUT2D eigenvalue weighted by molar-refractivity contribution is 5.97. The molecule has 0 bridgehead atoms. The second-order valence-corrected chi connectivity index (χ2v) is 4.38. The third-order valence-corrected chi connectivity index (χ3v) is 3.35. The summed E-state index contributed by atoms with van der Waals surface area (Å²) in [5.74, 6) is 1.55. The summed E-state index contributed by atoms with van der Waals surface area (Å²) in [5, 5.41) is 0. The van der Waals surface area contributed by atoms with Gasteiger partial charge in [-0.2, -0.15) is 0 Å². The van der Waals surface area contributed by atoms with E-state index < -0.39 is 0 Å². The van der Waals surface area contributed by atoms with Gasteiger partial charge in [0.05, 0.1) is 11.3 Å². The number of Topliss-reactive ketones (excluding diaryl/α,β-unsaturated/α-hetero) is 1. The molecule has 3 nitrogen and oxygen atoms in total. The topological polar surface area (TPSA) is 42.9 Å². The Morgan fingerprint density at radius 2 is 2.06 bits per heavy atom. The summed E-state index contributed by atoms with van der Waals surface area (Å²) in [6.45, 7) is 4.31. The van der Waals surface area contributed by atoms with Gasteiger partial charge in [0.2, 0.25) is 0 Å². The van der Waals surface area contributed by atoms with Gasteiger partial charge in [-0.25, -0.2) is 9.97 Å². The van der Waals surface area contributed by atoms with Crippen LogP contribution in [0, 0.1) is 0 Å². The van der Waals surface area contributed by atoms with Crippen molar-refractivity contribution in [2.75, 3.05) is 0 Å². The van der Waals surface area contributed by atoms with E-state index in [0.29, 0.717) is 12.3 Å². The van der Waals surface area contributed by atoms with Crippen molar-refractivity contribution in [3.05, 3.63) is 23.3 Å². The second kappa shape index (κ2) is 4.73. The molecule has 0 spiro atoms. The highest BCUT2D eigenvalue weighted by atomic mass is 16.1. The molecule has 0 fully saturated rings. The molecule has 86 valence electrons. The van der Waals surface area contributed by atoms with E-state index in [2.05, 4.69) is 23.8 Å². The van der Waals surface area contributed by atoms with Crippen molar-refractivity contribution in [3.63, 3.8) is 0 Å². The Bertz CT molecular complexity index is 397. The van der Waals surface area contributed by atoms with Crippen LogP contribution in [0.4, 0.5) is 0 Å². The summed E-state index contributed by atoms with van der Waals surface area (Å²) in [5.41, 5.74) is 1.72. The van der Waals surface area contributed by atoms with Gasteiger partial charge >= 0.3 is 0 Å². The number of carbonyl (C=O) groups is 1. The van der Waals surface area contributed by atoms with Crippen LogP contribution in [-0.4, -0.2) is 15.8 Å². The standard InChI is InChI=1S/C13H18N2O/c1-3-9(4-2)13-14-8-10-11(15-13)6-5-7-12(10)16/h8-9H,3-7H2,1-2H3. The van der Waals surface area contributed by atoms with Gasteiger partial charge in [-0.15, -0.1) is 0 Å². The van der Waals surface area contributed by atoms with E-state index in [-0.39, 0.29) is 5.78 Å². The molecule has 16 heavy (non-hydrogen) atoms. The summed E-state index contributed by atoms with van der Waals surface area (Å²) in [7, 11) is 0. The fraction of sp³-hybridized carbons (Fsp3) is 0.615. The molecule has 1 heterocycles. The van der Waals surface area contributed by atoms with Crippen LogP contribution >= 0.6 is 0 Å². The van der Waals surface area contributed by atoms with Gasteiger partial charge in [-0.05, 0) is 25.7 Å². The molecule has 0 aliphatic heterocycles.